The second-order valence-electron chi connectivity index (χ2n) is 2.11. The number of aromatic nitrogens is 1. The van der Waals surface area contributed by atoms with E-state index >= 15 is 0 Å². The van der Waals surface area contributed by atoms with Crippen LogP contribution in [0.15, 0.2) is 17.3 Å². The molecule has 48 valence electrons. The number of aryl methyl sites for hydroxylation is 2. The minimum absolute atomic E-state index is 0.940. The Kier molecular flexibility index (Phi) is 1.39. The van der Waals surface area contributed by atoms with E-state index in [1.54, 1.807) is 0 Å². The van der Waals surface area contributed by atoms with Gasteiger partial charge in [0.1, 0.15) is 0 Å². The summed E-state index contributed by atoms with van der Waals surface area (Å²) in [6.07, 6.45) is 1.95. The van der Waals surface area contributed by atoms with Crippen LogP contribution in [-0.4, -0.2) is 11.3 Å². The van der Waals surface area contributed by atoms with Crippen LogP contribution in [-0.2, 0) is 7.05 Å². The highest BCUT2D eigenvalue weighted by molar-refractivity contribution is 5.45. The van der Waals surface area contributed by atoms with Crippen LogP contribution in [0.25, 0.3) is 0 Å². The Morgan fingerprint density at radius 2 is 2.33 bits per heavy atom. The van der Waals surface area contributed by atoms with E-state index in [1.807, 2.05) is 30.8 Å². The highest BCUT2D eigenvalue weighted by Crippen LogP contribution is 2.13. The van der Waals surface area contributed by atoms with E-state index in [0.29, 0.717) is 0 Å². The topological polar surface area (TPSA) is 17.3 Å². The van der Waals surface area contributed by atoms with Gasteiger partial charge in [-0.05, 0) is 19.7 Å². The van der Waals surface area contributed by atoms with E-state index in [0.717, 1.165) is 5.69 Å². The highest BCUT2D eigenvalue weighted by Gasteiger charge is 1.92. The zero-order chi connectivity index (χ0) is 6.85. The molecular weight excluding hydrogens is 112 g/mol. The average molecular weight is 122 g/mol. The maximum Gasteiger partial charge on any atom is 0.0801 e. The predicted octanol–water partition coefficient (Wildman–Crippen LogP) is 1.67. The van der Waals surface area contributed by atoms with Crippen LogP contribution >= 0.6 is 0 Å². The molecule has 1 heterocycles. The van der Waals surface area contributed by atoms with Crippen molar-refractivity contribution in [3.8, 4) is 0 Å². The van der Waals surface area contributed by atoms with Crippen molar-refractivity contribution in [1.29, 1.82) is 0 Å². The van der Waals surface area contributed by atoms with Crippen molar-refractivity contribution in [2.75, 3.05) is 0 Å². The molecule has 0 aliphatic rings. The Labute approximate surface area is 54.8 Å². The molecule has 2 heteroatoms. The SMILES string of the molecule is C=Nc1cc(C)n(C)c1. The van der Waals surface area contributed by atoms with E-state index in [-0.39, 0.29) is 0 Å². The molecule has 2 nitrogen and oxygen atoms in total. The predicted molar refractivity (Wildman–Crippen MR) is 39.4 cm³/mol. The lowest BCUT2D eigenvalue weighted by atomic mass is 10.4. The zero-order valence-corrected chi connectivity index (χ0v) is 5.76. The average Bonchev–Trinajstić information content (AvgIpc) is 2.13. The largest absolute Gasteiger partial charge is 0.353 e. The Bertz CT molecular complexity index is 203. The van der Waals surface area contributed by atoms with E-state index in [2.05, 4.69) is 11.7 Å². The Balaban J connectivity index is 3.11. The quantitative estimate of drug-likeness (QED) is 0.504. The molecule has 1 aromatic heterocycles. The summed E-state index contributed by atoms with van der Waals surface area (Å²) in [4.78, 5) is 3.78. The normalized spacial score (nSPS) is 9.56. The number of nitrogens with zero attached hydrogens (tertiary/aromatic N) is 2. The minimum Gasteiger partial charge on any atom is -0.353 e. The number of hydrogen-bond donors (Lipinski definition) is 0. The van der Waals surface area contributed by atoms with Gasteiger partial charge in [0.25, 0.3) is 0 Å². The van der Waals surface area contributed by atoms with Gasteiger partial charge in [-0.1, -0.05) is 0 Å². The molecule has 0 spiro atoms. The lowest BCUT2D eigenvalue weighted by Crippen LogP contribution is -1.84. The van der Waals surface area contributed by atoms with Crippen molar-refractivity contribution in [1.82, 2.24) is 4.57 Å². The van der Waals surface area contributed by atoms with Gasteiger partial charge in [-0.3, -0.25) is 4.99 Å². The summed E-state index contributed by atoms with van der Waals surface area (Å²) in [6.45, 7) is 5.46. The fourth-order valence-corrected chi connectivity index (χ4v) is 0.740. The number of rotatable bonds is 1. The summed E-state index contributed by atoms with van der Waals surface area (Å²) in [6, 6.07) is 1.99. The summed E-state index contributed by atoms with van der Waals surface area (Å²) in [5.41, 5.74) is 2.15. The van der Waals surface area contributed by atoms with Gasteiger partial charge in [0, 0.05) is 18.9 Å². The standard InChI is InChI=1S/C7H10N2/c1-6-4-7(8-2)5-9(6)3/h4-5H,2H2,1,3H3. The molecule has 0 bridgehead atoms. The third-order valence-corrected chi connectivity index (χ3v) is 1.42. The second-order valence-corrected chi connectivity index (χ2v) is 2.11. The molecular formula is C7H10N2. The van der Waals surface area contributed by atoms with Crippen LogP contribution in [0.4, 0.5) is 5.69 Å². The van der Waals surface area contributed by atoms with Gasteiger partial charge in [0.15, 0.2) is 0 Å². The third kappa shape index (κ3) is 1.02. The first kappa shape index (κ1) is 6.08. The first-order valence-electron chi connectivity index (χ1n) is 2.83. The monoisotopic (exact) mass is 122 g/mol. The van der Waals surface area contributed by atoms with Gasteiger partial charge in [0.05, 0.1) is 5.69 Å². The van der Waals surface area contributed by atoms with Crippen LogP contribution in [0.3, 0.4) is 0 Å². The van der Waals surface area contributed by atoms with Crippen molar-refractivity contribution >= 4 is 12.4 Å². The summed E-state index contributed by atoms with van der Waals surface area (Å²) < 4.78 is 2.02. The van der Waals surface area contributed by atoms with E-state index in [4.69, 9.17) is 0 Å². The maximum absolute atomic E-state index is 3.78. The van der Waals surface area contributed by atoms with Crippen molar-refractivity contribution < 1.29 is 0 Å². The van der Waals surface area contributed by atoms with Gasteiger partial charge in [-0.15, -0.1) is 0 Å². The molecule has 0 aliphatic carbocycles. The first-order valence-corrected chi connectivity index (χ1v) is 2.83. The number of aliphatic imine (C=N–C) groups is 1. The molecule has 0 atom stereocenters. The van der Waals surface area contributed by atoms with Crippen molar-refractivity contribution in [3.63, 3.8) is 0 Å². The Hall–Kier alpha value is -1.05. The molecule has 0 amide bonds. The third-order valence-electron chi connectivity index (χ3n) is 1.42. The molecule has 0 radical (unpaired) electrons. The minimum atomic E-state index is 0.940. The van der Waals surface area contributed by atoms with Crippen LogP contribution in [0.2, 0.25) is 0 Å². The van der Waals surface area contributed by atoms with Crippen molar-refractivity contribution in [2.24, 2.45) is 12.0 Å². The summed E-state index contributed by atoms with van der Waals surface area (Å²) >= 11 is 0. The van der Waals surface area contributed by atoms with E-state index < -0.39 is 0 Å². The Morgan fingerprint density at radius 3 is 2.56 bits per heavy atom. The molecule has 0 aliphatic heterocycles. The molecule has 0 saturated heterocycles. The van der Waals surface area contributed by atoms with E-state index in [1.165, 1.54) is 5.69 Å². The fourth-order valence-electron chi connectivity index (χ4n) is 0.740. The molecule has 9 heavy (non-hydrogen) atoms. The van der Waals surface area contributed by atoms with E-state index in [9.17, 15) is 0 Å². The van der Waals surface area contributed by atoms with Crippen LogP contribution < -0.4 is 0 Å². The summed E-state index contributed by atoms with van der Waals surface area (Å²) in [5, 5.41) is 0. The highest BCUT2D eigenvalue weighted by atomic mass is 14.9. The van der Waals surface area contributed by atoms with Gasteiger partial charge >= 0.3 is 0 Å². The molecule has 0 aromatic carbocycles. The second kappa shape index (κ2) is 2.05. The van der Waals surface area contributed by atoms with Gasteiger partial charge < -0.3 is 4.57 Å². The zero-order valence-electron chi connectivity index (χ0n) is 5.76. The Morgan fingerprint density at radius 1 is 1.67 bits per heavy atom. The number of hydrogen-bond acceptors (Lipinski definition) is 1. The van der Waals surface area contributed by atoms with Gasteiger partial charge in [-0.25, -0.2) is 0 Å². The first-order chi connectivity index (χ1) is 4.24. The maximum atomic E-state index is 3.78. The fraction of sp³-hybridized carbons (Fsp3) is 0.286. The smallest absolute Gasteiger partial charge is 0.0801 e. The molecule has 0 saturated carbocycles. The van der Waals surface area contributed by atoms with Crippen LogP contribution in [0.5, 0.6) is 0 Å². The molecule has 0 fully saturated rings. The molecule has 0 unspecified atom stereocenters. The molecule has 1 rings (SSSR count). The summed E-state index contributed by atoms with van der Waals surface area (Å²) in [5.74, 6) is 0. The molecule has 0 N–H and O–H groups in total. The molecule has 1 aromatic rings. The summed E-state index contributed by atoms with van der Waals surface area (Å²) in [7, 11) is 1.99. The lowest BCUT2D eigenvalue weighted by molar-refractivity contribution is 0.882. The van der Waals surface area contributed by atoms with Gasteiger partial charge in [0.2, 0.25) is 0 Å². The van der Waals surface area contributed by atoms with Gasteiger partial charge in [-0.2, -0.15) is 0 Å². The van der Waals surface area contributed by atoms with Crippen LogP contribution in [0.1, 0.15) is 5.69 Å². The lowest BCUT2D eigenvalue weighted by Gasteiger charge is -1.89. The van der Waals surface area contributed by atoms with Crippen molar-refractivity contribution in [3.05, 3.63) is 18.0 Å². The van der Waals surface area contributed by atoms with Crippen molar-refractivity contribution in [2.45, 2.75) is 6.92 Å². The van der Waals surface area contributed by atoms with Crippen LogP contribution in [0, 0.1) is 6.92 Å².